The molecule has 0 fully saturated rings. The van der Waals surface area contributed by atoms with Crippen molar-refractivity contribution in [3.63, 3.8) is 0 Å². The second kappa shape index (κ2) is 27.2. The molecular weight excluding hydrogens is 1020 g/mol. The van der Waals surface area contributed by atoms with Gasteiger partial charge in [0.25, 0.3) is 0 Å². The molecular formula is C76H84N8. The van der Waals surface area contributed by atoms with Gasteiger partial charge in [0.1, 0.15) is 5.69 Å². The van der Waals surface area contributed by atoms with E-state index in [1.807, 2.05) is 89.8 Å². The van der Waals surface area contributed by atoms with Gasteiger partial charge in [0.2, 0.25) is 0 Å². The second-order valence-corrected chi connectivity index (χ2v) is 27.0. The number of allylic oxidation sites excluding steroid dienone is 5. The molecule has 7 rings (SSSR count). The van der Waals surface area contributed by atoms with Crippen molar-refractivity contribution in [1.29, 1.82) is 26.3 Å². The van der Waals surface area contributed by atoms with Crippen molar-refractivity contribution in [2.24, 2.45) is 0 Å². The van der Waals surface area contributed by atoms with Crippen LogP contribution in [0.1, 0.15) is 239 Å². The molecule has 5 aromatic carbocycles. The van der Waals surface area contributed by atoms with Gasteiger partial charge in [-0.05, 0) is 203 Å². The van der Waals surface area contributed by atoms with E-state index >= 15 is 0 Å². The summed E-state index contributed by atoms with van der Waals surface area (Å²) in [5, 5.41) is 64.8. The summed E-state index contributed by atoms with van der Waals surface area (Å²) >= 11 is 0. The summed E-state index contributed by atoms with van der Waals surface area (Å²) in [6.45, 7) is 28.6. The monoisotopic (exact) mass is 1110 g/mol. The van der Waals surface area contributed by atoms with Crippen LogP contribution in [-0.2, 0) is 28.2 Å². The molecule has 8 heteroatoms. The van der Waals surface area contributed by atoms with Crippen LogP contribution in [0.3, 0.4) is 0 Å². The molecule has 0 saturated heterocycles. The molecule has 1 aromatic heterocycles. The number of aromatic nitrogens is 3. The van der Waals surface area contributed by atoms with E-state index in [0.717, 1.165) is 69.5 Å². The molecule has 1 aliphatic rings. The van der Waals surface area contributed by atoms with Crippen LogP contribution >= 0.6 is 0 Å². The van der Waals surface area contributed by atoms with Crippen LogP contribution in [0, 0.1) is 56.7 Å². The zero-order chi connectivity index (χ0) is 61.0. The molecule has 0 atom stereocenters. The SMILES string of the molecule is CCCCCCCCCCCCCn1cc(-c2cc3cc(c2)/C(C#N)=C/c2cc(cc(C(C)(C)C)c2)/C(C#N)=C/c2cc(cc(C(C)(C)C)c2)/C(C#N)=C/c2cc(cc(C(C)(C)C)c2)/C(C#N)=C/c2cc(cc(C(C)(C)C)c2)/C(C#N)=C/3)nn1. The summed E-state index contributed by atoms with van der Waals surface area (Å²) in [7, 11) is 0. The first-order valence-electron chi connectivity index (χ1n) is 30.1. The molecule has 0 unspecified atom stereocenters. The van der Waals surface area contributed by atoms with Gasteiger partial charge in [0.05, 0.1) is 64.4 Å². The fourth-order valence-corrected chi connectivity index (χ4v) is 10.5. The maximum atomic E-state index is 11.2. The molecule has 0 saturated carbocycles. The highest BCUT2D eigenvalue weighted by Gasteiger charge is 2.23. The van der Waals surface area contributed by atoms with Gasteiger partial charge in [-0.15, -0.1) is 5.10 Å². The van der Waals surface area contributed by atoms with Crippen LogP contribution in [0.5, 0.6) is 0 Å². The fourth-order valence-electron chi connectivity index (χ4n) is 10.5. The summed E-state index contributed by atoms with van der Waals surface area (Å²) in [6, 6.07) is 42.9. The number of benzene rings is 5. The number of unbranched alkanes of at least 4 members (excludes halogenated alkanes) is 10. The molecule has 6 aromatic rings. The van der Waals surface area contributed by atoms with Gasteiger partial charge in [-0.2, -0.15) is 26.3 Å². The zero-order valence-corrected chi connectivity index (χ0v) is 52.2. The number of hydrogen-bond acceptors (Lipinski definition) is 7. The van der Waals surface area contributed by atoms with Crippen molar-refractivity contribution >= 4 is 58.2 Å². The predicted octanol–water partition coefficient (Wildman–Crippen LogP) is 20.1. The van der Waals surface area contributed by atoms with Gasteiger partial charge in [-0.3, -0.25) is 4.68 Å². The number of nitriles is 5. The quantitative estimate of drug-likeness (QED) is 0.104. The number of hydrogen-bond donors (Lipinski definition) is 0. The molecule has 0 radical (unpaired) electrons. The third-order valence-corrected chi connectivity index (χ3v) is 15.8. The van der Waals surface area contributed by atoms with Crippen molar-refractivity contribution in [2.45, 2.75) is 189 Å². The summed E-state index contributed by atoms with van der Waals surface area (Å²) in [4.78, 5) is 0. The third kappa shape index (κ3) is 16.8. The molecule has 0 aliphatic heterocycles. The lowest BCUT2D eigenvalue weighted by Gasteiger charge is -2.22. The normalized spacial score (nSPS) is 16.3. The Hall–Kier alpha value is -8.61. The number of nitrogens with zero attached hydrogens (tertiary/aromatic N) is 8. The number of rotatable bonds is 13. The lowest BCUT2D eigenvalue weighted by atomic mass is 9.82. The highest BCUT2D eigenvalue weighted by Crippen LogP contribution is 2.37. The molecule has 8 nitrogen and oxygen atoms in total. The maximum Gasteiger partial charge on any atom is 0.113 e. The highest BCUT2D eigenvalue weighted by molar-refractivity contribution is 5.98. The Morgan fingerprint density at radius 2 is 0.595 bits per heavy atom. The third-order valence-electron chi connectivity index (χ3n) is 15.8. The van der Waals surface area contributed by atoms with E-state index in [0.29, 0.717) is 66.9 Å². The minimum absolute atomic E-state index is 0.315. The van der Waals surface area contributed by atoms with Crippen molar-refractivity contribution < 1.29 is 0 Å². The molecule has 0 N–H and O–H groups in total. The fraction of sp³-hybridized carbons (Fsp3) is 0.382. The topological polar surface area (TPSA) is 150 Å². The number of aryl methyl sites for hydroxylation is 1. The molecule has 10 bridgehead atoms. The summed E-state index contributed by atoms with van der Waals surface area (Å²) in [5.74, 6) is 0. The first-order chi connectivity index (χ1) is 39.8. The zero-order valence-electron chi connectivity index (χ0n) is 52.2. The van der Waals surface area contributed by atoms with Crippen LogP contribution < -0.4 is 0 Å². The number of fused-ring (bicyclic) bond motifs is 10. The van der Waals surface area contributed by atoms with Crippen molar-refractivity contribution in [1.82, 2.24) is 15.0 Å². The Balaban J connectivity index is 1.47. The van der Waals surface area contributed by atoms with Gasteiger partial charge in [0.15, 0.2) is 0 Å². The lowest BCUT2D eigenvalue weighted by molar-refractivity contribution is 0.506. The molecule has 0 spiro atoms. The Kier molecular flexibility index (Phi) is 20.4. The van der Waals surface area contributed by atoms with Crippen molar-refractivity contribution in [2.75, 3.05) is 0 Å². The lowest BCUT2D eigenvalue weighted by Crippen LogP contribution is -2.12. The van der Waals surface area contributed by atoms with Gasteiger partial charge >= 0.3 is 0 Å². The molecule has 1 heterocycles. The minimum atomic E-state index is -0.331. The van der Waals surface area contributed by atoms with E-state index in [9.17, 15) is 26.3 Å². The average molecular weight is 1110 g/mol. The summed E-state index contributed by atoms with van der Waals surface area (Å²) in [6.07, 6.45) is 25.1. The Bertz CT molecular complexity index is 3760. The van der Waals surface area contributed by atoms with E-state index in [1.54, 1.807) is 0 Å². The molecule has 1 aliphatic carbocycles. The van der Waals surface area contributed by atoms with Gasteiger partial charge in [-0.25, -0.2) is 0 Å². The molecule has 0 amide bonds. The maximum absolute atomic E-state index is 11.2. The Morgan fingerprint density at radius 3 is 0.881 bits per heavy atom. The van der Waals surface area contributed by atoms with Gasteiger partial charge in [0, 0.05) is 12.1 Å². The first kappa shape index (κ1) is 63.0. The first-order valence-corrected chi connectivity index (χ1v) is 30.1. The summed E-state index contributed by atoms with van der Waals surface area (Å²) in [5.41, 5.74) is 13.2. The summed E-state index contributed by atoms with van der Waals surface area (Å²) < 4.78 is 1.90. The van der Waals surface area contributed by atoms with E-state index < -0.39 is 0 Å². The van der Waals surface area contributed by atoms with E-state index in [2.05, 4.69) is 173 Å². The Labute approximate surface area is 502 Å². The van der Waals surface area contributed by atoms with Crippen LogP contribution in [0.25, 0.3) is 69.5 Å². The Morgan fingerprint density at radius 1 is 0.333 bits per heavy atom. The predicted molar refractivity (Wildman–Crippen MR) is 350 cm³/mol. The standard InChI is InChI=1S/C76H84N8/c1-14-15-16-17-18-19-20-21-22-23-24-25-84-51-72(82-83-84)62-31-52-26-57(41-62)63(46-77)33-53-27-59(43-68(37-53)73(2,3)4)65(48-79)35-55-29-61(45-70(39-55)75(8,9)10)67(50-81)36-56-30-60(44-71(40-56)76(11,12)13)66(49-80)34-54-28-58(64(32-52)47-78)42-69(38-54)74(5,6)7/h26-45,51H,14-25H2,1-13H3/b63-33+,64-32+,65-35+,66-34+,67-36+. The van der Waals surface area contributed by atoms with Crippen LogP contribution in [0.15, 0.2) is 97.2 Å². The van der Waals surface area contributed by atoms with Crippen LogP contribution in [0.2, 0.25) is 0 Å². The largest absolute Gasteiger partial charge is 0.252 e. The van der Waals surface area contributed by atoms with Gasteiger partial charge < -0.3 is 0 Å². The average Bonchev–Trinajstić information content (AvgIpc) is 3.66. The van der Waals surface area contributed by atoms with E-state index in [-0.39, 0.29) is 21.7 Å². The van der Waals surface area contributed by atoms with Crippen molar-refractivity contribution in [3.8, 4) is 41.6 Å². The molecule has 84 heavy (non-hydrogen) atoms. The van der Waals surface area contributed by atoms with Crippen LogP contribution in [-0.4, -0.2) is 15.0 Å². The highest BCUT2D eigenvalue weighted by atomic mass is 15.4. The van der Waals surface area contributed by atoms with Crippen molar-refractivity contribution in [3.05, 3.63) is 175 Å². The molecule has 428 valence electrons. The van der Waals surface area contributed by atoms with Crippen LogP contribution in [0.4, 0.5) is 0 Å². The second-order valence-electron chi connectivity index (χ2n) is 27.0. The van der Waals surface area contributed by atoms with E-state index in [1.165, 1.54) is 57.8 Å². The van der Waals surface area contributed by atoms with Gasteiger partial charge in [-0.1, -0.05) is 184 Å². The minimum Gasteiger partial charge on any atom is -0.252 e. The van der Waals surface area contributed by atoms with E-state index in [4.69, 9.17) is 0 Å². The smallest absolute Gasteiger partial charge is 0.113 e.